The Hall–Kier alpha value is -11.2. The summed E-state index contributed by atoms with van der Waals surface area (Å²) in [5.74, 6) is 0. The monoisotopic (exact) mass is 1580 g/mol. The van der Waals surface area contributed by atoms with Gasteiger partial charge in [-0.1, -0.05) is 72.9 Å². The molecule has 0 saturated carbocycles. The smallest absolute Gasteiger partial charge is 3.00 e. The summed E-state index contributed by atoms with van der Waals surface area (Å²) in [7, 11) is -32.0. The fraction of sp³-hybridized carbons (Fsp3) is 0. The fourth-order valence-electron chi connectivity index (χ4n) is 8.15. The normalized spacial score (nSPS) is 13.5. The molecule has 0 aliphatic rings. The topological polar surface area (TPSA) is 155 Å². The van der Waals surface area contributed by atoms with Crippen molar-refractivity contribution in [2.45, 2.75) is 0 Å². The van der Waals surface area contributed by atoms with E-state index in [1.807, 2.05) is 183 Å². The molecule has 12 heterocycles. The van der Waals surface area contributed by atoms with Gasteiger partial charge < -0.3 is 0 Å². The Morgan fingerprint density at radius 3 is 0.368 bits per heavy atom. The summed E-state index contributed by atoms with van der Waals surface area (Å²) in [5, 5.41) is 0. The summed E-state index contributed by atoms with van der Waals surface area (Å²) >= 11 is 0. The number of rotatable bonds is 15. The number of hydrogen-bond acceptors (Lipinski definition) is 12. The maximum absolute atomic E-state index is 10.7. The van der Waals surface area contributed by atoms with Crippen LogP contribution < -0.4 is 0 Å². The molecule has 12 aromatic heterocycles. The van der Waals surface area contributed by atoms with Crippen LogP contribution in [0.2, 0.25) is 0 Å². The predicted octanol–water partition coefficient (Wildman–Crippen LogP) is 26.0. The van der Waals surface area contributed by atoms with Gasteiger partial charge in [0.25, 0.3) is 0 Å². The molecule has 12 rings (SSSR count). The molecule has 0 N–H and O–H groups in total. The molecule has 0 amide bonds. The standard InChI is InChI=1S/3C24H18N4.3F6P.Fe/c3*1(19-5-11-25-12-6-19)3-21-9-15-27-23(17-21)24-18-22(10-16-28-24)4-2-20-7-13-26-14-8-20;3*1-7(2,3,4,5)6;/h3*1-18H;;;;/q;;;3*-1;+3. The molecule has 0 atom stereocenters. The van der Waals surface area contributed by atoms with E-state index < -0.39 is 23.4 Å². The maximum atomic E-state index is 9.87. The zero-order chi connectivity index (χ0) is 76.3. The van der Waals surface area contributed by atoms with E-state index in [-0.39, 0.29) is 17.1 Å². The van der Waals surface area contributed by atoms with Gasteiger partial charge in [-0.15, -0.1) is 0 Å². The zero-order valence-electron chi connectivity index (χ0n) is 54.0. The molecular formula is C72H54F18FeN12P3. The molecule has 34 heteroatoms. The van der Waals surface area contributed by atoms with Crippen molar-refractivity contribution in [1.29, 1.82) is 0 Å². The van der Waals surface area contributed by atoms with Gasteiger partial charge in [-0.05, 0) is 212 Å². The Morgan fingerprint density at radius 1 is 0.160 bits per heavy atom. The van der Waals surface area contributed by atoms with Crippen molar-refractivity contribution < 1.29 is 92.6 Å². The van der Waals surface area contributed by atoms with Crippen molar-refractivity contribution >= 4 is 96.3 Å². The molecule has 0 fully saturated rings. The second-order valence-corrected chi connectivity index (χ2v) is 27.2. The number of aromatic nitrogens is 12. The summed E-state index contributed by atoms with van der Waals surface area (Å²) < 4.78 is 178. The quantitative estimate of drug-likeness (QED) is 0.0545. The van der Waals surface area contributed by atoms with E-state index >= 15 is 0 Å². The van der Waals surface area contributed by atoms with Crippen LogP contribution in [-0.4, -0.2) is 59.8 Å². The molecule has 551 valence electrons. The molecule has 0 aromatic carbocycles. The van der Waals surface area contributed by atoms with Gasteiger partial charge >= 0.3 is 116 Å². The van der Waals surface area contributed by atoms with Crippen molar-refractivity contribution in [2.24, 2.45) is 0 Å². The van der Waals surface area contributed by atoms with Crippen molar-refractivity contribution in [3.63, 3.8) is 0 Å². The number of nitrogens with zero attached hydrogens (tertiary/aromatic N) is 12. The maximum Gasteiger partial charge on any atom is 3.00 e. The molecule has 0 saturated heterocycles. The van der Waals surface area contributed by atoms with E-state index in [1.165, 1.54) is 0 Å². The summed E-state index contributed by atoms with van der Waals surface area (Å²) in [6.07, 6.45) is 57.0. The zero-order valence-corrected chi connectivity index (χ0v) is 57.8. The Kier molecular flexibility index (Phi) is 27.0. The molecule has 0 aliphatic carbocycles. The van der Waals surface area contributed by atoms with E-state index in [0.717, 1.165) is 101 Å². The van der Waals surface area contributed by atoms with Crippen molar-refractivity contribution in [3.05, 3.63) is 324 Å². The third kappa shape index (κ3) is 40.6. The van der Waals surface area contributed by atoms with E-state index in [4.69, 9.17) is 0 Å². The third-order valence-electron chi connectivity index (χ3n) is 12.5. The largest absolute Gasteiger partial charge is 3.00 e. The van der Waals surface area contributed by atoms with Gasteiger partial charge in [-0.3, -0.25) is 59.8 Å². The van der Waals surface area contributed by atoms with Crippen LogP contribution in [-0.2, 0) is 17.1 Å². The molecule has 0 spiro atoms. The molecular weight excluding hydrogens is 1520 g/mol. The number of halogens is 18. The Balaban J connectivity index is 0.000000218. The number of pyridine rings is 12. The van der Waals surface area contributed by atoms with Crippen LogP contribution in [0.3, 0.4) is 0 Å². The Labute approximate surface area is 604 Å². The first-order chi connectivity index (χ1) is 48.9. The van der Waals surface area contributed by atoms with Gasteiger partial charge in [0, 0.05) is 112 Å². The van der Waals surface area contributed by atoms with Gasteiger partial charge in [0.2, 0.25) is 0 Å². The van der Waals surface area contributed by atoms with E-state index in [9.17, 15) is 75.5 Å². The third-order valence-corrected chi connectivity index (χ3v) is 12.5. The van der Waals surface area contributed by atoms with Gasteiger partial charge in [-0.2, -0.15) is 0 Å². The summed E-state index contributed by atoms with van der Waals surface area (Å²) in [4.78, 5) is 51.1. The summed E-state index contributed by atoms with van der Waals surface area (Å²) in [6.45, 7) is 0. The van der Waals surface area contributed by atoms with Gasteiger partial charge in [0.05, 0.1) is 34.2 Å². The fourth-order valence-corrected chi connectivity index (χ4v) is 8.15. The summed E-state index contributed by atoms with van der Waals surface area (Å²) in [6, 6.07) is 47.8. The molecule has 0 aliphatic heterocycles. The van der Waals surface area contributed by atoms with Crippen molar-refractivity contribution in [2.75, 3.05) is 0 Å². The van der Waals surface area contributed by atoms with Gasteiger partial charge in [0.1, 0.15) is 0 Å². The average molecular weight is 1580 g/mol. The summed E-state index contributed by atoms with van der Waals surface area (Å²) in [5.41, 5.74) is 18.1. The molecule has 106 heavy (non-hydrogen) atoms. The Bertz CT molecular complexity index is 4190. The van der Waals surface area contributed by atoms with Gasteiger partial charge in [-0.25, -0.2) is 0 Å². The van der Waals surface area contributed by atoms with Gasteiger partial charge in [0.15, 0.2) is 0 Å². The molecule has 1 radical (unpaired) electrons. The van der Waals surface area contributed by atoms with Crippen LogP contribution in [0.25, 0.3) is 107 Å². The van der Waals surface area contributed by atoms with E-state index in [1.54, 1.807) is 74.4 Å². The first-order valence-electron chi connectivity index (χ1n) is 29.9. The minimum Gasteiger partial charge on any atom is 3.00 e. The SMILES string of the molecule is C(=Cc1ccnc(-c2cc(C=Cc3ccncc3)ccn2)c1)c1ccncc1.C(=Cc1ccnc(-c2cc(C=Cc3ccncc3)ccn2)c1)c1ccncc1.C(=Cc1ccnc(-c2cc(C=Cc3ccncc3)ccn2)c1)c1ccncc1.F[P-](F)(F)(F)(F)F.F[P-](F)(F)(F)(F)F.F[P-](F)(F)(F)(F)F.[Fe+3]. The van der Waals surface area contributed by atoms with Crippen LogP contribution in [0.15, 0.2) is 257 Å². The van der Waals surface area contributed by atoms with Crippen LogP contribution in [0, 0.1) is 0 Å². The van der Waals surface area contributed by atoms with Crippen molar-refractivity contribution in [3.8, 4) is 34.2 Å². The number of hydrogen-bond donors (Lipinski definition) is 0. The molecule has 0 bridgehead atoms. The van der Waals surface area contributed by atoms with E-state index in [2.05, 4.69) is 133 Å². The molecule has 12 aromatic rings. The molecule has 0 unspecified atom stereocenters. The second-order valence-electron chi connectivity index (χ2n) is 21.4. The van der Waals surface area contributed by atoms with Crippen LogP contribution in [0.4, 0.5) is 75.5 Å². The Morgan fingerprint density at radius 2 is 0.255 bits per heavy atom. The van der Waals surface area contributed by atoms with E-state index in [0.29, 0.717) is 0 Å². The minimum atomic E-state index is -10.7. The van der Waals surface area contributed by atoms with Crippen molar-refractivity contribution in [1.82, 2.24) is 59.8 Å². The first-order valence-corrected chi connectivity index (χ1v) is 36.0. The first kappa shape index (κ1) is 83.7. The molecule has 12 nitrogen and oxygen atoms in total. The van der Waals surface area contributed by atoms with Crippen LogP contribution in [0.5, 0.6) is 0 Å². The van der Waals surface area contributed by atoms with Crippen LogP contribution >= 0.6 is 23.4 Å². The minimum absolute atomic E-state index is 0. The second kappa shape index (κ2) is 34.1. The van der Waals surface area contributed by atoms with Crippen LogP contribution in [0.1, 0.15) is 66.8 Å². The average Bonchev–Trinajstić information content (AvgIpc) is 0.798. The predicted molar refractivity (Wildman–Crippen MR) is 382 cm³/mol.